The van der Waals surface area contributed by atoms with E-state index in [0.29, 0.717) is 34.9 Å². The fourth-order valence-electron chi connectivity index (χ4n) is 3.04. The molecule has 11 nitrogen and oxygen atoms in total. The van der Waals surface area contributed by atoms with E-state index >= 15 is 0 Å². The molecule has 4 N–H and O–H groups in total. The second kappa shape index (κ2) is 10.1. The summed E-state index contributed by atoms with van der Waals surface area (Å²) in [5, 5.41) is 4.05. The van der Waals surface area contributed by atoms with Crippen LogP contribution >= 0.6 is 7.82 Å². The molecule has 4 aromatic heterocycles. The van der Waals surface area contributed by atoms with E-state index in [0.717, 1.165) is 5.56 Å². The molecule has 0 fully saturated rings. The third kappa shape index (κ3) is 6.21. The minimum Gasteiger partial charge on any atom is -0.473 e. The van der Waals surface area contributed by atoms with Gasteiger partial charge in [0.25, 0.3) is 5.82 Å². The Morgan fingerprint density at radius 1 is 1.15 bits per heavy atom. The molecule has 4 aromatic rings. The van der Waals surface area contributed by atoms with E-state index in [4.69, 9.17) is 24.8 Å². The van der Waals surface area contributed by atoms with Gasteiger partial charge in [-0.05, 0) is 35.4 Å². The van der Waals surface area contributed by atoms with E-state index in [2.05, 4.69) is 19.6 Å². The number of pyridine rings is 3. The van der Waals surface area contributed by atoms with Gasteiger partial charge in [0.2, 0.25) is 18.6 Å². The van der Waals surface area contributed by atoms with Crippen LogP contribution in [0.25, 0.3) is 11.3 Å². The lowest BCUT2D eigenvalue weighted by Gasteiger charge is -2.07. The summed E-state index contributed by atoms with van der Waals surface area (Å²) in [6.45, 7) is -0.267. The molecule has 4 rings (SSSR count). The molecule has 13 heteroatoms. The number of anilines is 1. The predicted octanol–water partition coefficient (Wildman–Crippen LogP) is 2.38. The number of nitrogens with two attached hydrogens (primary N) is 1. The Bertz CT molecular complexity index is 1330. The number of halogens is 1. The second-order valence-corrected chi connectivity index (χ2v) is 8.40. The van der Waals surface area contributed by atoms with Crippen LogP contribution in [0.3, 0.4) is 0 Å². The Balaban J connectivity index is 1.40. The topological polar surface area (TPSA) is 158 Å². The van der Waals surface area contributed by atoms with Crippen molar-refractivity contribution in [1.29, 1.82) is 0 Å². The summed E-state index contributed by atoms with van der Waals surface area (Å²) in [5.41, 5.74) is 8.71. The third-order valence-electron chi connectivity index (χ3n) is 4.66. The van der Waals surface area contributed by atoms with Crippen molar-refractivity contribution in [3.63, 3.8) is 0 Å². The minimum atomic E-state index is -4.64. The van der Waals surface area contributed by atoms with E-state index in [1.165, 1.54) is 23.0 Å². The highest BCUT2D eigenvalue weighted by atomic mass is 31.2. The van der Waals surface area contributed by atoms with Crippen LogP contribution in [0.2, 0.25) is 0 Å². The molecule has 0 atom stereocenters. The van der Waals surface area contributed by atoms with E-state index in [1.807, 2.05) is 6.07 Å². The highest BCUT2D eigenvalue weighted by Crippen LogP contribution is 2.35. The number of nitrogens with zero attached hydrogens (tertiary/aromatic N) is 4. The molecule has 4 heterocycles. The first-order chi connectivity index (χ1) is 16.3. The van der Waals surface area contributed by atoms with Crippen LogP contribution in [-0.4, -0.2) is 24.9 Å². The van der Waals surface area contributed by atoms with Crippen LogP contribution in [0, 0.1) is 5.95 Å². The Kier molecular flexibility index (Phi) is 6.94. The molecular formula is C21H20FN5O6P+. The third-order valence-corrected chi connectivity index (χ3v) is 5.12. The zero-order chi connectivity index (χ0) is 24.1. The van der Waals surface area contributed by atoms with E-state index in [1.54, 1.807) is 36.5 Å². The molecule has 0 aliphatic carbocycles. The van der Waals surface area contributed by atoms with Gasteiger partial charge >= 0.3 is 7.82 Å². The Labute approximate surface area is 192 Å². The van der Waals surface area contributed by atoms with Gasteiger partial charge in [-0.1, -0.05) is 11.2 Å². The molecule has 0 amide bonds. The smallest absolute Gasteiger partial charge is 0.472 e. The normalized spacial score (nSPS) is 11.5. The van der Waals surface area contributed by atoms with Crippen molar-refractivity contribution < 1.29 is 37.1 Å². The van der Waals surface area contributed by atoms with Gasteiger partial charge in [-0.2, -0.15) is 4.39 Å². The first-order valence-electron chi connectivity index (χ1n) is 9.89. The van der Waals surface area contributed by atoms with E-state index < -0.39 is 20.5 Å². The average molecular weight is 488 g/mol. The molecule has 0 spiro atoms. The number of hydrogen-bond acceptors (Lipinski definition) is 8. The van der Waals surface area contributed by atoms with E-state index in [-0.39, 0.29) is 12.4 Å². The molecule has 0 aromatic carbocycles. The molecule has 0 radical (unpaired) electrons. The number of hydrogen-bond donors (Lipinski definition) is 3. The lowest BCUT2D eigenvalue weighted by Crippen LogP contribution is -2.38. The largest absolute Gasteiger partial charge is 0.473 e. The van der Waals surface area contributed by atoms with E-state index in [9.17, 15) is 8.96 Å². The highest BCUT2D eigenvalue weighted by Gasteiger charge is 2.20. The molecule has 34 heavy (non-hydrogen) atoms. The van der Waals surface area contributed by atoms with Crippen molar-refractivity contribution in [2.24, 2.45) is 0 Å². The molecule has 0 aliphatic heterocycles. The number of nitrogen functional groups attached to an aromatic ring is 1. The van der Waals surface area contributed by atoms with Crippen LogP contribution in [-0.2, 0) is 28.8 Å². The molecule has 0 bridgehead atoms. The van der Waals surface area contributed by atoms with Gasteiger partial charge in [0.05, 0.1) is 11.9 Å². The fourth-order valence-corrected chi connectivity index (χ4v) is 3.32. The number of phosphoric ester groups is 1. The van der Waals surface area contributed by atoms with Gasteiger partial charge < -0.3 is 19.0 Å². The summed E-state index contributed by atoms with van der Waals surface area (Å²) in [6.07, 6.45) is 4.96. The van der Waals surface area contributed by atoms with Crippen molar-refractivity contribution in [1.82, 2.24) is 15.1 Å². The van der Waals surface area contributed by atoms with Crippen molar-refractivity contribution in [2.75, 3.05) is 5.73 Å². The standard InChI is InChI=1S/C21H19FN5O6P/c22-19-9-15(5-6-24-19)12-31-20-4-3-14(11-25-20)8-16-10-18(33-26-16)17-2-1-7-27(21(17)23)13-32-34(28,29)30/h1-7,9-11,23H,8,12-13H2,(H2,28,29,30)/p+1. The quantitative estimate of drug-likeness (QED) is 0.181. The summed E-state index contributed by atoms with van der Waals surface area (Å²) >= 11 is 0. The molecule has 0 saturated heterocycles. The van der Waals surface area contributed by atoms with Crippen molar-refractivity contribution in [3.05, 3.63) is 83.8 Å². The second-order valence-electron chi connectivity index (χ2n) is 7.17. The number of ether oxygens (including phenoxy) is 1. The Hall–Kier alpha value is -3.70. The van der Waals surface area contributed by atoms with Gasteiger partial charge in [0.15, 0.2) is 5.76 Å². The van der Waals surface area contributed by atoms with Crippen LogP contribution in [0.1, 0.15) is 16.8 Å². The lowest BCUT2D eigenvalue weighted by atomic mass is 10.1. The molecule has 176 valence electrons. The summed E-state index contributed by atoms with van der Waals surface area (Å²) in [5.74, 6) is 0.394. The average Bonchev–Trinajstić information content (AvgIpc) is 3.25. The fraction of sp³-hybridized carbons (Fsp3) is 0.143. The SMILES string of the molecule is Nc1c(-c2cc(Cc3ccc(OCc4ccnc(F)c4)nc3)no2)ccc[n+]1COP(=O)(O)O. The maximum atomic E-state index is 13.1. The number of aromatic nitrogens is 4. The highest BCUT2D eigenvalue weighted by molar-refractivity contribution is 7.46. The van der Waals surface area contributed by atoms with Crippen molar-refractivity contribution >= 4 is 13.6 Å². The maximum Gasteiger partial charge on any atom is 0.472 e. The van der Waals surface area contributed by atoms with Gasteiger partial charge in [0, 0.05) is 30.9 Å². The first kappa shape index (κ1) is 23.5. The summed E-state index contributed by atoms with van der Waals surface area (Å²) in [7, 11) is -4.64. The Morgan fingerprint density at radius 2 is 2.00 bits per heavy atom. The zero-order valence-corrected chi connectivity index (χ0v) is 18.5. The number of rotatable bonds is 9. The van der Waals surface area contributed by atoms with Crippen molar-refractivity contribution in [2.45, 2.75) is 19.8 Å². The van der Waals surface area contributed by atoms with Crippen LogP contribution in [0.5, 0.6) is 5.88 Å². The van der Waals surface area contributed by atoms with Gasteiger partial charge in [-0.3, -0.25) is 5.73 Å². The number of phosphoric acid groups is 1. The molecule has 0 aliphatic rings. The first-order valence-corrected chi connectivity index (χ1v) is 11.4. The maximum absolute atomic E-state index is 13.1. The van der Waals surface area contributed by atoms with Gasteiger partial charge in [-0.15, -0.1) is 0 Å². The predicted molar refractivity (Wildman–Crippen MR) is 115 cm³/mol. The molecular weight excluding hydrogens is 468 g/mol. The van der Waals surface area contributed by atoms with Crippen LogP contribution in [0.15, 0.2) is 65.6 Å². The summed E-state index contributed by atoms with van der Waals surface area (Å²) in [4.78, 5) is 25.5. The summed E-state index contributed by atoms with van der Waals surface area (Å²) in [6, 6.07) is 11.5. The molecule has 0 saturated carbocycles. The Morgan fingerprint density at radius 3 is 2.74 bits per heavy atom. The van der Waals surface area contributed by atoms with Gasteiger partial charge in [0.1, 0.15) is 12.2 Å². The molecule has 0 unspecified atom stereocenters. The van der Waals surface area contributed by atoms with Gasteiger partial charge in [-0.25, -0.2) is 23.6 Å². The zero-order valence-electron chi connectivity index (χ0n) is 17.6. The monoisotopic (exact) mass is 488 g/mol. The van der Waals surface area contributed by atoms with Crippen LogP contribution < -0.4 is 15.0 Å². The minimum absolute atomic E-state index is 0.163. The lowest BCUT2D eigenvalue weighted by molar-refractivity contribution is -0.711. The van der Waals surface area contributed by atoms with Crippen LogP contribution in [0.4, 0.5) is 10.2 Å². The van der Waals surface area contributed by atoms with Crippen molar-refractivity contribution in [3.8, 4) is 17.2 Å². The summed E-state index contributed by atoms with van der Waals surface area (Å²) < 4.78 is 40.9.